The van der Waals surface area contributed by atoms with E-state index in [1.807, 2.05) is 30.3 Å². The van der Waals surface area contributed by atoms with E-state index in [1.165, 1.54) is 11.1 Å². The summed E-state index contributed by atoms with van der Waals surface area (Å²) >= 11 is 0. The minimum absolute atomic E-state index is 0.104. The first-order valence-electron chi connectivity index (χ1n) is 12.7. The molecule has 188 valence electrons. The smallest absolute Gasteiger partial charge is 0.319 e. The Morgan fingerprint density at radius 1 is 1.03 bits per heavy atom. The first-order valence-corrected chi connectivity index (χ1v) is 12.7. The number of nitrogens with one attached hydrogen (secondary N) is 3. The second-order valence-electron chi connectivity index (χ2n) is 9.98. The number of likely N-dealkylation sites (tertiary alicyclic amines) is 1. The monoisotopic (exact) mass is 486 g/mol. The van der Waals surface area contributed by atoms with Crippen LogP contribution in [0.4, 0.5) is 16.3 Å². The van der Waals surface area contributed by atoms with Crippen LogP contribution >= 0.6 is 0 Å². The maximum atomic E-state index is 12.6. The largest absolute Gasteiger partial charge is 0.363 e. The second-order valence-corrected chi connectivity index (χ2v) is 9.98. The molecule has 5 rings (SSSR count). The molecule has 2 aliphatic rings. The van der Waals surface area contributed by atoms with Crippen molar-refractivity contribution in [2.75, 3.05) is 44.4 Å². The number of likely N-dealkylation sites (N-methyl/N-ethyl adjacent to an activating group) is 1. The first kappa shape index (κ1) is 24.1. The number of pyridine rings is 1. The highest BCUT2D eigenvalue weighted by molar-refractivity contribution is 5.93. The minimum atomic E-state index is -0.205. The number of amides is 3. The summed E-state index contributed by atoms with van der Waals surface area (Å²) in [6.07, 6.45) is 3.83. The average Bonchev–Trinajstić information content (AvgIpc) is 3.28. The molecule has 8 heteroatoms. The van der Waals surface area contributed by atoms with Crippen molar-refractivity contribution < 1.29 is 9.59 Å². The molecule has 1 aliphatic heterocycles. The fourth-order valence-corrected chi connectivity index (χ4v) is 5.09. The number of urea groups is 1. The van der Waals surface area contributed by atoms with E-state index in [9.17, 15) is 9.59 Å². The molecule has 2 heterocycles. The number of nitrogens with zero attached hydrogens (tertiary/aromatic N) is 3. The lowest BCUT2D eigenvalue weighted by molar-refractivity contribution is -0.130. The van der Waals surface area contributed by atoms with Crippen molar-refractivity contribution in [3.05, 3.63) is 65.7 Å². The summed E-state index contributed by atoms with van der Waals surface area (Å²) < 4.78 is 0. The number of aryl methyl sites for hydroxylation is 1. The summed E-state index contributed by atoms with van der Waals surface area (Å²) in [7, 11) is 3.55. The quantitative estimate of drug-likeness (QED) is 0.490. The molecule has 2 aromatic carbocycles. The SMILES string of the molecule is CN(C)C(=O)CN1CCC(NC(=O)Nc2ccc3nc(NC4CCc5ccccc54)ccc3c2)CC1. The van der Waals surface area contributed by atoms with Crippen LogP contribution in [-0.2, 0) is 11.2 Å². The number of carbonyl (C=O) groups is 2. The third-order valence-corrected chi connectivity index (χ3v) is 7.18. The van der Waals surface area contributed by atoms with Gasteiger partial charge < -0.3 is 20.9 Å². The van der Waals surface area contributed by atoms with Crippen LogP contribution in [0.25, 0.3) is 10.9 Å². The predicted molar refractivity (Wildman–Crippen MR) is 143 cm³/mol. The van der Waals surface area contributed by atoms with Gasteiger partial charge in [-0.05, 0) is 67.1 Å². The van der Waals surface area contributed by atoms with Crippen LogP contribution in [-0.4, -0.2) is 66.5 Å². The van der Waals surface area contributed by atoms with Gasteiger partial charge in [0.25, 0.3) is 0 Å². The topological polar surface area (TPSA) is 89.6 Å². The molecule has 1 fully saturated rings. The Morgan fingerprint density at radius 2 is 1.83 bits per heavy atom. The van der Waals surface area contributed by atoms with E-state index >= 15 is 0 Å². The molecule has 3 aromatic rings. The van der Waals surface area contributed by atoms with Gasteiger partial charge in [-0.15, -0.1) is 0 Å². The van der Waals surface area contributed by atoms with Crippen LogP contribution in [0.2, 0.25) is 0 Å². The van der Waals surface area contributed by atoms with Crippen molar-refractivity contribution in [1.29, 1.82) is 0 Å². The van der Waals surface area contributed by atoms with Gasteiger partial charge in [-0.3, -0.25) is 9.69 Å². The van der Waals surface area contributed by atoms with Gasteiger partial charge in [-0.2, -0.15) is 0 Å². The van der Waals surface area contributed by atoms with Crippen LogP contribution in [0.1, 0.15) is 36.4 Å². The number of piperidine rings is 1. The van der Waals surface area contributed by atoms with Crippen molar-refractivity contribution in [2.24, 2.45) is 0 Å². The van der Waals surface area contributed by atoms with E-state index < -0.39 is 0 Å². The summed E-state index contributed by atoms with van der Waals surface area (Å²) in [4.78, 5) is 33.0. The lowest BCUT2D eigenvalue weighted by Gasteiger charge is -2.32. The van der Waals surface area contributed by atoms with E-state index in [4.69, 9.17) is 4.98 Å². The average molecular weight is 487 g/mol. The third kappa shape index (κ3) is 5.60. The van der Waals surface area contributed by atoms with E-state index in [-0.39, 0.29) is 24.0 Å². The zero-order chi connectivity index (χ0) is 25.1. The van der Waals surface area contributed by atoms with Crippen LogP contribution in [0.15, 0.2) is 54.6 Å². The first-order chi connectivity index (χ1) is 17.4. The molecule has 1 aromatic heterocycles. The lowest BCUT2D eigenvalue weighted by Crippen LogP contribution is -2.48. The molecule has 1 atom stereocenters. The Morgan fingerprint density at radius 3 is 2.64 bits per heavy atom. The molecule has 1 unspecified atom stereocenters. The van der Waals surface area contributed by atoms with Gasteiger partial charge in [-0.1, -0.05) is 24.3 Å². The Labute approximate surface area is 212 Å². The summed E-state index contributed by atoms with van der Waals surface area (Å²) in [6, 6.07) is 18.6. The molecule has 0 bridgehead atoms. The zero-order valence-electron chi connectivity index (χ0n) is 21.0. The van der Waals surface area contributed by atoms with Crippen molar-refractivity contribution >= 4 is 34.3 Å². The molecule has 3 N–H and O–H groups in total. The van der Waals surface area contributed by atoms with Crippen LogP contribution < -0.4 is 16.0 Å². The molecule has 3 amide bonds. The molecule has 0 saturated carbocycles. The highest BCUT2D eigenvalue weighted by Gasteiger charge is 2.23. The summed E-state index contributed by atoms with van der Waals surface area (Å²) in [5.74, 6) is 0.970. The second kappa shape index (κ2) is 10.5. The van der Waals surface area contributed by atoms with Crippen LogP contribution in [0.3, 0.4) is 0 Å². The van der Waals surface area contributed by atoms with Gasteiger partial charge >= 0.3 is 6.03 Å². The van der Waals surface area contributed by atoms with Gasteiger partial charge in [0.2, 0.25) is 5.91 Å². The minimum Gasteiger partial charge on any atom is -0.363 e. The van der Waals surface area contributed by atoms with Crippen molar-refractivity contribution in [2.45, 2.75) is 37.8 Å². The van der Waals surface area contributed by atoms with Crippen LogP contribution in [0.5, 0.6) is 0 Å². The van der Waals surface area contributed by atoms with E-state index in [1.54, 1.807) is 19.0 Å². The number of anilines is 2. The van der Waals surface area contributed by atoms with E-state index in [0.717, 1.165) is 61.2 Å². The molecule has 36 heavy (non-hydrogen) atoms. The number of rotatable bonds is 6. The lowest BCUT2D eigenvalue weighted by atomic mass is 10.1. The highest BCUT2D eigenvalue weighted by atomic mass is 16.2. The Balaban J connectivity index is 1.14. The Bertz CT molecular complexity index is 1250. The van der Waals surface area contributed by atoms with Gasteiger partial charge in [0.15, 0.2) is 0 Å². The Hall–Kier alpha value is -3.65. The number of hydrogen-bond acceptors (Lipinski definition) is 5. The number of benzene rings is 2. The standard InChI is InChI=1S/C28H34N6O2/c1-33(2)27(35)18-34-15-13-21(14-16-34)29-28(36)30-22-9-11-24-20(17-22)8-12-26(31-24)32-25-10-7-19-5-3-4-6-23(19)25/h3-6,8-9,11-12,17,21,25H,7,10,13-16,18H2,1-2H3,(H,31,32)(H2,29,30,36). The zero-order valence-corrected chi connectivity index (χ0v) is 21.0. The highest BCUT2D eigenvalue weighted by Crippen LogP contribution is 2.33. The molecule has 0 spiro atoms. The number of carbonyl (C=O) groups excluding carboxylic acids is 2. The fraction of sp³-hybridized carbons (Fsp3) is 0.393. The van der Waals surface area contributed by atoms with Gasteiger partial charge in [0, 0.05) is 44.3 Å². The number of fused-ring (bicyclic) bond motifs is 2. The van der Waals surface area contributed by atoms with Crippen molar-refractivity contribution in [3.8, 4) is 0 Å². The maximum Gasteiger partial charge on any atom is 0.319 e. The maximum absolute atomic E-state index is 12.6. The van der Waals surface area contributed by atoms with E-state index in [2.05, 4.69) is 45.1 Å². The van der Waals surface area contributed by atoms with Crippen LogP contribution in [0, 0.1) is 0 Å². The fourth-order valence-electron chi connectivity index (χ4n) is 5.09. The van der Waals surface area contributed by atoms with Crippen molar-refractivity contribution in [1.82, 2.24) is 20.1 Å². The predicted octanol–water partition coefficient (Wildman–Crippen LogP) is 4.01. The Kier molecular flexibility index (Phi) is 7.04. The molecule has 1 aliphatic carbocycles. The van der Waals surface area contributed by atoms with Crippen molar-refractivity contribution in [3.63, 3.8) is 0 Å². The molecule has 8 nitrogen and oxygen atoms in total. The third-order valence-electron chi connectivity index (χ3n) is 7.18. The number of aromatic nitrogens is 1. The van der Waals surface area contributed by atoms with Gasteiger partial charge in [0.1, 0.15) is 5.82 Å². The van der Waals surface area contributed by atoms with Gasteiger partial charge in [-0.25, -0.2) is 9.78 Å². The molecular weight excluding hydrogens is 452 g/mol. The molecular formula is C28H34N6O2. The summed E-state index contributed by atoms with van der Waals surface area (Å²) in [6.45, 7) is 2.03. The number of hydrogen-bond donors (Lipinski definition) is 3. The van der Waals surface area contributed by atoms with Gasteiger partial charge in [0.05, 0.1) is 18.1 Å². The summed E-state index contributed by atoms with van der Waals surface area (Å²) in [5.41, 5.74) is 4.39. The normalized spacial score (nSPS) is 18.0. The summed E-state index contributed by atoms with van der Waals surface area (Å²) in [5, 5.41) is 10.6. The molecule has 1 saturated heterocycles. The molecule has 0 radical (unpaired) electrons. The van der Waals surface area contributed by atoms with E-state index in [0.29, 0.717) is 6.54 Å².